The number of nitrogen functional groups attached to an aromatic ring is 1. The van der Waals surface area contributed by atoms with E-state index < -0.39 is 0 Å². The van der Waals surface area contributed by atoms with Crippen LogP contribution >= 0.6 is 0 Å². The third-order valence-corrected chi connectivity index (χ3v) is 2.84. The number of hydrogen-bond donors (Lipinski definition) is 2. The lowest BCUT2D eigenvalue weighted by atomic mass is 10.1. The zero-order chi connectivity index (χ0) is 13.0. The lowest BCUT2D eigenvalue weighted by Crippen LogP contribution is -2.17. The topological polar surface area (TPSA) is 49.5 Å². The summed E-state index contributed by atoms with van der Waals surface area (Å²) in [7, 11) is 2.07. The smallest absolute Gasteiger partial charge is 0.138 e. The highest BCUT2D eigenvalue weighted by molar-refractivity contribution is 5.53. The Hall–Kier alpha value is -2.00. The normalized spacial score (nSPS) is 10.8. The molecule has 2 aromatic rings. The zero-order valence-corrected chi connectivity index (χ0v) is 10.5. The molecule has 0 unspecified atom stereocenters. The van der Waals surface area contributed by atoms with E-state index in [0.717, 1.165) is 18.7 Å². The van der Waals surface area contributed by atoms with Crippen LogP contribution in [0.5, 0.6) is 5.75 Å². The highest BCUT2D eigenvalue weighted by Gasteiger charge is 2.03. The number of phenols is 1. The molecule has 0 saturated heterocycles. The Morgan fingerprint density at radius 3 is 2.33 bits per heavy atom. The van der Waals surface area contributed by atoms with E-state index in [-0.39, 0.29) is 5.75 Å². The summed E-state index contributed by atoms with van der Waals surface area (Å²) in [5, 5.41) is 9.37. The highest BCUT2D eigenvalue weighted by atomic mass is 16.3. The Morgan fingerprint density at radius 1 is 1.00 bits per heavy atom. The SMILES string of the molecule is CN(Cc1ccccc1)Cc1ccc(O)c(N)c1. The molecule has 0 aromatic heterocycles. The summed E-state index contributed by atoms with van der Waals surface area (Å²) < 4.78 is 0. The number of anilines is 1. The van der Waals surface area contributed by atoms with Gasteiger partial charge < -0.3 is 10.8 Å². The van der Waals surface area contributed by atoms with Gasteiger partial charge >= 0.3 is 0 Å². The molecule has 3 heteroatoms. The highest BCUT2D eigenvalue weighted by Crippen LogP contribution is 2.21. The van der Waals surface area contributed by atoms with Crippen LogP contribution in [0.3, 0.4) is 0 Å². The van der Waals surface area contributed by atoms with Gasteiger partial charge in [0.05, 0.1) is 5.69 Å². The van der Waals surface area contributed by atoms with Gasteiger partial charge in [0.1, 0.15) is 5.75 Å². The Balaban J connectivity index is 1.99. The maximum Gasteiger partial charge on any atom is 0.138 e. The first-order valence-corrected chi connectivity index (χ1v) is 5.95. The predicted molar refractivity (Wildman–Crippen MR) is 74.1 cm³/mol. The number of rotatable bonds is 4. The number of nitrogens with two attached hydrogens (primary N) is 1. The molecular weight excluding hydrogens is 224 g/mol. The first-order chi connectivity index (χ1) is 8.65. The van der Waals surface area contributed by atoms with Gasteiger partial charge in [-0.05, 0) is 30.3 Å². The minimum absolute atomic E-state index is 0.143. The fourth-order valence-electron chi connectivity index (χ4n) is 1.97. The Bertz CT molecular complexity index is 511. The Morgan fingerprint density at radius 2 is 1.67 bits per heavy atom. The van der Waals surface area contributed by atoms with Crippen molar-refractivity contribution >= 4 is 5.69 Å². The molecule has 3 N–H and O–H groups in total. The van der Waals surface area contributed by atoms with Crippen molar-refractivity contribution in [1.29, 1.82) is 0 Å². The van der Waals surface area contributed by atoms with E-state index in [1.807, 2.05) is 30.3 Å². The maximum absolute atomic E-state index is 9.37. The van der Waals surface area contributed by atoms with Crippen LogP contribution in [-0.4, -0.2) is 17.1 Å². The van der Waals surface area contributed by atoms with Crippen LogP contribution in [0, 0.1) is 0 Å². The van der Waals surface area contributed by atoms with Crippen molar-refractivity contribution in [2.45, 2.75) is 13.1 Å². The first kappa shape index (κ1) is 12.5. The molecule has 0 fully saturated rings. The van der Waals surface area contributed by atoms with Crippen molar-refractivity contribution < 1.29 is 5.11 Å². The van der Waals surface area contributed by atoms with Gasteiger partial charge in [-0.1, -0.05) is 36.4 Å². The van der Waals surface area contributed by atoms with Gasteiger partial charge in [0.25, 0.3) is 0 Å². The summed E-state index contributed by atoms with van der Waals surface area (Å²) in [6.07, 6.45) is 0. The summed E-state index contributed by atoms with van der Waals surface area (Å²) >= 11 is 0. The van der Waals surface area contributed by atoms with Crippen molar-refractivity contribution in [2.24, 2.45) is 0 Å². The predicted octanol–water partition coefficient (Wildman–Crippen LogP) is 2.61. The largest absolute Gasteiger partial charge is 0.506 e. The summed E-state index contributed by atoms with van der Waals surface area (Å²) in [5.41, 5.74) is 8.50. The van der Waals surface area contributed by atoms with Crippen molar-refractivity contribution in [3.63, 3.8) is 0 Å². The van der Waals surface area contributed by atoms with Gasteiger partial charge in [0, 0.05) is 13.1 Å². The van der Waals surface area contributed by atoms with E-state index in [4.69, 9.17) is 5.73 Å². The van der Waals surface area contributed by atoms with Crippen molar-refractivity contribution in [2.75, 3.05) is 12.8 Å². The average Bonchev–Trinajstić information content (AvgIpc) is 2.35. The lowest BCUT2D eigenvalue weighted by molar-refractivity contribution is 0.319. The second-order valence-corrected chi connectivity index (χ2v) is 4.55. The number of benzene rings is 2. The van der Waals surface area contributed by atoms with Gasteiger partial charge in [-0.3, -0.25) is 4.90 Å². The Labute approximate surface area is 107 Å². The molecule has 0 atom stereocenters. The van der Waals surface area contributed by atoms with Crippen LogP contribution in [0.2, 0.25) is 0 Å². The minimum Gasteiger partial charge on any atom is -0.506 e. The molecule has 0 aliphatic rings. The Kier molecular flexibility index (Phi) is 3.85. The van der Waals surface area contributed by atoms with E-state index in [9.17, 15) is 5.11 Å². The van der Waals surface area contributed by atoms with E-state index in [1.165, 1.54) is 5.56 Å². The van der Waals surface area contributed by atoms with E-state index in [1.54, 1.807) is 6.07 Å². The summed E-state index contributed by atoms with van der Waals surface area (Å²) in [6.45, 7) is 1.70. The first-order valence-electron chi connectivity index (χ1n) is 5.95. The molecule has 0 heterocycles. The van der Waals surface area contributed by atoms with Gasteiger partial charge in [0.2, 0.25) is 0 Å². The molecular formula is C15H18N2O. The van der Waals surface area contributed by atoms with Gasteiger partial charge in [0.15, 0.2) is 0 Å². The molecule has 94 valence electrons. The second-order valence-electron chi connectivity index (χ2n) is 4.55. The van der Waals surface area contributed by atoms with E-state index in [2.05, 4.69) is 24.1 Å². The van der Waals surface area contributed by atoms with Gasteiger partial charge in [-0.2, -0.15) is 0 Å². The molecule has 2 aromatic carbocycles. The molecule has 0 aliphatic carbocycles. The summed E-state index contributed by atoms with van der Waals surface area (Å²) in [6, 6.07) is 15.7. The lowest BCUT2D eigenvalue weighted by Gasteiger charge is -2.17. The molecule has 18 heavy (non-hydrogen) atoms. The van der Waals surface area contributed by atoms with E-state index in [0.29, 0.717) is 5.69 Å². The number of hydrogen-bond acceptors (Lipinski definition) is 3. The van der Waals surface area contributed by atoms with Gasteiger partial charge in [-0.25, -0.2) is 0 Å². The summed E-state index contributed by atoms with van der Waals surface area (Å²) in [4.78, 5) is 2.21. The number of nitrogens with zero attached hydrogens (tertiary/aromatic N) is 1. The van der Waals surface area contributed by atoms with Crippen LogP contribution in [0.15, 0.2) is 48.5 Å². The number of phenolic OH excluding ortho intramolecular Hbond substituents is 1. The maximum atomic E-state index is 9.37. The second kappa shape index (κ2) is 5.56. The van der Waals surface area contributed by atoms with Crippen LogP contribution < -0.4 is 5.73 Å². The van der Waals surface area contributed by atoms with Gasteiger partial charge in [-0.15, -0.1) is 0 Å². The molecule has 2 rings (SSSR count). The fraction of sp³-hybridized carbons (Fsp3) is 0.200. The fourth-order valence-corrected chi connectivity index (χ4v) is 1.97. The average molecular weight is 242 g/mol. The zero-order valence-electron chi connectivity index (χ0n) is 10.5. The van der Waals surface area contributed by atoms with Crippen molar-refractivity contribution in [1.82, 2.24) is 4.90 Å². The van der Waals surface area contributed by atoms with Crippen LogP contribution in [-0.2, 0) is 13.1 Å². The van der Waals surface area contributed by atoms with Crippen molar-refractivity contribution in [3.05, 3.63) is 59.7 Å². The monoisotopic (exact) mass is 242 g/mol. The molecule has 0 bridgehead atoms. The van der Waals surface area contributed by atoms with E-state index >= 15 is 0 Å². The van der Waals surface area contributed by atoms with Crippen LogP contribution in [0.4, 0.5) is 5.69 Å². The molecule has 0 radical (unpaired) electrons. The van der Waals surface area contributed by atoms with Crippen LogP contribution in [0.1, 0.15) is 11.1 Å². The van der Waals surface area contributed by atoms with Crippen LogP contribution in [0.25, 0.3) is 0 Å². The third kappa shape index (κ3) is 3.25. The molecule has 0 amide bonds. The molecule has 0 spiro atoms. The third-order valence-electron chi connectivity index (χ3n) is 2.84. The molecule has 0 aliphatic heterocycles. The standard InChI is InChI=1S/C15H18N2O/c1-17(10-12-5-3-2-4-6-12)11-13-7-8-15(18)14(16)9-13/h2-9,18H,10-11,16H2,1H3. The quantitative estimate of drug-likeness (QED) is 0.640. The minimum atomic E-state index is 0.143. The molecule has 0 saturated carbocycles. The van der Waals surface area contributed by atoms with Crippen molar-refractivity contribution in [3.8, 4) is 5.75 Å². The molecule has 3 nitrogen and oxygen atoms in total. The summed E-state index contributed by atoms with van der Waals surface area (Å²) in [5.74, 6) is 0.143. The number of aromatic hydroxyl groups is 1.